The Morgan fingerprint density at radius 1 is 1.37 bits per heavy atom. The lowest BCUT2D eigenvalue weighted by molar-refractivity contribution is -0.116. The molecule has 19 heavy (non-hydrogen) atoms. The highest BCUT2D eigenvalue weighted by molar-refractivity contribution is 6.01. The zero-order chi connectivity index (χ0) is 13.4. The quantitative estimate of drug-likeness (QED) is 0.828. The van der Waals surface area contributed by atoms with E-state index in [-0.39, 0.29) is 23.7 Å². The molecule has 1 amide bonds. The van der Waals surface area contributed by atoms with Gasteiger partial charge in [-0.15, -0.1) is 0 Å². The van der Waals surface area contributed by atoms with Crippen LogP contribution in [0.15, 0.2) is 18.2 Å². The number of fused-ring (bicyclic) bond motifs is 1. The Morgan fingerprint density at radius 3 is 2.95 bits per heavy atom. The van der Waals surface area contributed by atoms with Crippen molar-refractivity contribution in [3.05, 3.63) is 29.3 Å². The fourth-order valence-electron chi connectivity index (χ4n) is 2.73. The van der Waals surface area contributed by atoms with Crippen LogP contribution in [0.3, 0.4) is 0 Å². The van der Waals surface area contributed by atoms with Crippen molar-refractivity contribution in [3.8, 4) is 0 Å². The Hall–Kier alpha value is -1.68. The van der Waals surface area contributed by atoms with Crippen LogP contribution in [0, 0.1) is 5.92 Å². The number of hydrogen-bond donors (Lipinski definition) is 1. The Labute approximate surface area is 112 Å². The standard InChI is InChI=1S/C15H17NO3/c1-9-6-7-19-15(9)14(18)11-2-4-12-10(8-11)3-5-13(17)16-12/h2,4,8-9,15H,3,5-7H2,1H3,(H,16,17). The summed E-state index contributed by atoms with van der Waals surface area (Å²) in [5, 5.41) is 2.82. The van der Waals surface area contributed by atoms with Gasteiger partial charge in [0, 0.05) is 24.3 Å². The molecule has 1 fully saturated rings. The van der Waals surface area contributed by atoms with Gasteiger partial charge in [0.15, 0.2) is 5.78 Å². The topological polar surface area (TPSA) is 55.4 Å². The third-order valence-electron chi connectivity index (χ3n) is 3.93. The number of carbonyl (C=O) groups excluding carboxylic acids is 2. The smallest absolute Gasteiger partial charge is 0.224 e. The highest BCUT2D eigenvalue weighted by atomic mass is 16.5. The van der Waals surface area contributed by atoms with Gasteiger partial charge in [0.05, 0.1) is 0 Å². The minimum atomic E-state index is -0.309. The van der Waals surface area contributed by atoms with Crippen LogP contribution in [0.1, 0.15) is 35.7 Å². The largest absolute Gasteiger partial charge is 0.370 e. The molecule has 2 aliphatic heterocycles. The van der Waals surface area contributed by atoms with Crippen LogP contribution in [0.5, 0.6) is 0 Å². The predicted octanol–water partition coefficient (Wildman–Crippen LogP) is 2.18. The highest BCUT2D eigenvalue weighted by Crippen LogP contribution is 2.27. The number of Topliss-reactive ketones (excluding diaryl/α,β-unsaturated/α-hetero) is 1. The number of amides is 1. The Kier molecular flexibility index (Phi) is 3.11. The average molecular weight is 259 g/mol. The number of aryl methyl sites for hydroxylation is 1. The van der Waals surface area contributed by atoms with Crippen LogP contribution < -0.4 is 5.32 Å². The number of ether oxygens (including phenoxy) is 1. The van der Waals surface area contributed by atoms with Crippen molar-refractivity contribution in [3.63, 3.8) is 0 Å². The molecule has 4 heteroatoms. The van der Waals surface area contributed by atoms with Crippen molar-refractivity contribution in [1.29, 1.82) is 0 Å². The summed E-state index contributed by atoms with van der Waals surface area (Å²) in [5.74, 6) is 0.382. The molecule has 2 atom stereocenters. The minimum absolute atomic E-state index is 0.0410. The van der Waals surface area contributed by atoms with Gasteiger partial charge in [-0.1, -0.05) is 6.92 Å². The number of carbonyl (C=O) groups is 2. The molecule has 0 aliphatic carbocycles. The third kappa shape index (κ3) is 2.28. The maximum absolute atomic E-state index is 12.4. The molecule has 1 N–H and O–H groups in total. The van der Waals surface area contributed by atoms with E-state index < -0.39 is 0 Å². The summed E-state index contributed by atoms with van der Waals surface area (Å²) in [6.45, 7) is 2.72. The molecule has 100 valence electrons. The Morgan fingerprint density at radius 2 is 2.21 bits per heavy atom. The molecule has 2 aliphatic rings. The fraction of sp³-hybridized carbons (Fsp3) is 0.467. The molecule has 0 spiro atoms. The van der Waals surface area contributed by atoms with Gasteiger partial charge in [-0.2, -0.15) is 0 Å². The molecule has 4 nitrogen and oxygen atoms in total. The van der Waals surface area contributed by atoms with Crippen LogP contribution >= 0.6 is 0 Å². The van der Waals surface area contributed by atoms with Crippen molar-refractivity contribution in [2.75, 3.05) is 11.9 Å². The first kappa shape index (κ1) is 12.4. The summed E-state index contributed by atoms with van der Waals surface area (Å²) in [6, 6.07) is 5.49. The second kappa shape index (κ2) is 4.78. The Balaban J connectivity index is 1.86. The molecule has 0 radical (unpaired) electrons. The van der Waals surface area contributed by atoms with Crippen molar-refractivity contribution in [1.82, 2.24) is 0 Å². The number of ketones is 1. The zero-order valence-corrected chi connectivity index (χ0v) is 10.9. The minimum Gasteiger partial charge on any atom is -0.370 e. The average Bonchev–Trinajstić information content (AvgIpc) is 2.83. The van der Waals surface area contributed by atoms with Crippen molar-refractivity contribution in [2.45, 2.75) is 32.3 Å². The number of rotatable bonds is 2. The molecule has 2 unspecified atom stereocenters. The van der Waals surface area contributed by atoms with Gasteiger partial charge in [0.2, 0.25) is 5.91 Å². The molecule has 1 aromatic rings. The van der Waals surface area contributed by atoms with Gasteiger partial charge in [-0.3, -0.25) is 9.59 Å². The molecular formula is C15H17NO3. The van der Waals surface area contributed by atoms with Crippen LogP contribution in [0.4, 0.5) is 5.69 Å². The maximum atomic E-state index is 12.4. The predicted molar refractivity (Wildman–Crippen MR) is 71.2 cm³/mol. The number of benzene rings is 1. The molecule has 0 saturated carbocycles. The summed E-state index contributed by atoms with van der Waals surface area (Å²) in [6.07, 6.45) is 1.82. The first-order valence-electron chi connectivity index (χ1n) is 6.74. The number of nitrogens with one attached hydrogen (secondary N) is 1. The van der Waals surface area contributed by atoms with Crippen LogP contribution in [-0.4, -0.2) is 24.4 Å². The second-order valence-electron chi connectivity index (χ2n) is 5.34. The maximum Gasteiger partial charge on any atom is 0.224 e. The number of anilines is 1. The normalized spacial score (nSPS) is 25.8. The van der Waals surface area contributed by atoms with Gasteiger partial charge in [-0.05, 0) is 42.5 Å². The number of hydrogen-bond acceptors (Lipinski definition) is 3. The molecule has 3 rings (SSSR count). The summed E-state index contributed by atoms with van der Waals surface area (Å²) >= 11 is 0. The molecular weight excluding hydrogens is 242 g/mol. The fourth-order valence-corrected chi connectivity index (χ4v) is 2.73. The zero-order valence-electron chi connectivity index (χ0n) is 10.9. The van der Waals surface area contributed by atoms with Gasteiger partial charge in [0.25, 0.3) is 0 Å². The van der Waals surface area contributed by atoms with E-state index in [1.165, 1.54) is 0 Å². The lowest BCUT2D eigenvalue weighted by Crippen LogP contribution is -2.26. The SMILES string of the molecule is CC1CCOC1C(=O)c1ccc2c(c1)CCC(=O)N2. The summed E-state index contributed by atoms with van der Waals surface area (Å²) in [5.41, 5.74) is 2.55. The summed E-state index contributed by atoms with van der Waals surface area (Å²) in [4.78, 5) is 23.7. The van der Waals surface area contributed by atoms with E-state index in [0.717, 1.165) is 17.7 Å². The summed E-state index contributed by atoms with van der Waals surface area (Å²) < 4.78 is 5.52. The van der Waals surface area contributed by atoms with Crippen molar-refractivity contribution >= 4 is 17.4 Å². The van der Waals surface area contributed by atoms with Gasteiger partial charge in [0.1, 0.15) is 6.10 Å². The van der Waals surface area contributed by atoms with E-state index in [2.05, 4.69) is 5.32 Å². The molecule has 0 bridgehead atoms. The Bertz CT molecular complexity index is 538. The molecule has 0 aromatic heterocycles. The van der Waals surface area contributed by atoms with Gasteiger partial charge < -0.3 is 10.1 Å². The van der Waals surface area contributed by atoms with Crippen LogP contribution in [0.25, 0.3) is 0 Å². The van der Waals surface area contributed by atoms with E-state index >= 15 is 0 Å². The van der Waals surface area contributed by atoms with Gasteiger partial charge in [-0.25, -0.2) is 0 Å². The van der Waals surface area contributed by atoms with Crippen LogP contribution in [-0.2, 0) is 16.0 Å². The monoisotopic (exact) mass is 259 g/mol. The van der Waals surface area contributed by atoms with Crippen LogP contribution in [0.2, 0.25) is 0 Å². The highest BCUT2D eigenvalue weighted by Gasteiger charge is 2.31. The van der Waals surface area contributed by atoms with E-state index in [4.69, 9.17) is 4.74 Å². The van der Waals surface area contributed by atoms with Crippen molar-refractivity contribution < 1.29 is 14.3 Å². The van der Waals surface area contributed by atoms with E-state index in [1.54, 1.807) is 6.07 Å². The lowest BCUT2D eigenvalue weighted by Gasteiger charge is -2.19. The third-order valence-corrected chi connectivity index (χ3v) is 3.93. The van der Waals surface area contributed by atoms with E-state index in [9.17, 15) is 9.59 Å². The van der Waals surface area contributed by atoms with E-state index in [0.29, 0.717) is 25.0 Å². The first-order valence-corrected chi connectivity index (χ1v) is 6.74. The van der Waals surface area contributed by atoms with Crippen molar-refractivity contribution in [2.24, 2.45) is 5.92 Å². The van der Waals surface area contributed by atoms with E-state index in [1.807, 2.05) is 19.1 Å². The second-order valence-corrected chi connectivity index (χ2v) is 5.34. The van der Waals surface area contributed by atoms with Gasteiger partial charge >= 0.3 is 0 Å². The lowest BCUT2D eigenvalue weighted by atomic mass is 9.93. The molecule has 2 heterocycles. The first-order chi connectivity index (χ1) is 9.15. The molecule has 1 aromatic carbocycles. The summed E-state index contributed by atoms with van der Waals surface area (Å²) in [7, 11) is 0. The molecule has 1 saturated heterocycles.